The predicted octanol–water partition coefficient (Wildman–Crippen LogP) is 2.66. The molecule has 3 rings (SSSR count). The zero-order valence-corrected chi connectivity index (χ0v) is 17.1. The summed E-state index contributed by atoms with van der Waals surface area (Å²) >= 11 is 5.75. The number of benzene rings is 2. The van der Waals surface area contributed by atoms with Crippen LogP contribution in [-0.2, 0) is 14.8 Å². The highest BCUT2D eigenvalue weighted by atomic mass is 35.5. The highest BCUT2D eigenvalue weighted by molar-refractivity contribution is 7.92. The molecular formula is C18H17ClFN3O6S. The molecule has 0 radical (unpaired) electrons. The summed E-state index contributed by atoms with van der Waals surface area (Å²) in [5.74, 6) is -0.913. The highest BCUT2D eigenvalue weighted by Crippen LogP contribution is 2.39. The third-order valence-corrected chi connectivity index (χ3v) is 6.27. The van der Waals surface area contributed by atoms with Gasteiger partial charge < -0.3 is 15.2 Å². The van der Waals surface area contributed by atoms with E-state index in [0.29, 0.717) is 0 Å². The third kappa shape index (κ3) is 4.57. The summed E-state index contributed by atoms with van der Waals surface area (Å²) in [6.07, 6.45) is -2.04. The van der Waals surface area contributed by atoms with Crippen molar-refractivity contribution >= 4 is 45.0 Å². The molecule has 9 nitrogen and oxygen atoms in total. The fraction of sp³-hybridized carbons (Fsp3) is 0.222. The van der Waals surface area contributed by atoms with Crippen molar-refractivity contribution in [2.45, 2.75) is 17.9 Å². The number of ether oxygens (including phenoxy) is 1. The molecule has 0 saturated heterocycles. The number of anilines is 2. The fourth-order valence-electron chi connectivity index (χ4n) is 2.87. The van der Waals surface area contributed by atoms with Crippen molar-refractivity contribution < 1.29 is 32.2 Å². The van der Waals surface area contributed by atoms with Gasteiger partial charge in [-0.3, -0.25) is 14.4 Å². The lowest BCUT2D eigenvalue weighted by Crippen LogP contribution is -2.48. The summed E-state index contributed by atoms with van der Waals surface area (Å²) in [5.41, 5.74) is 0.211. The summed E-state index contributed by atoms with van der Waals surface area (Å²) in [5, 5.41) is 13.3. The number of carbonyl (C=O) groups is 2. The van der Waals surface area contributed by atoms with E-state index in [2.05, 4.69) is 10.6 Å². The molecule has 30 heavy (non-hydrogen) atoms. The molecular weight excluding hydrogens is 441 g/mol. The Kier molecular flexibility index (Phi) is 6.04. The molecule has 0 aromatic heterocycles. The van der Waals surface area contributed by atoms with Gasteiger partial charge in [0.1, 0.15) is 17.7 Å². The number of carbonyl (C=O) groups excluding carboxylic acids is 1. The second-order valence-electron chi connectivity index (χ2n) is 6.40. The van der Waals surface area contributed by atoms with Crippen LogP contribution in [0.1, 0.15) is 6.92 Å². The van der Waals surface area contributed by atoms with E-state index in [1.807, 2.05) is 0 Å². The van der Waals surface area contributed by atoms with E-state index in [1.165, 1.54) is 25.1 Å². The molecule has 1 unspecified atom stereocenters. The van der Waals surface area contributed by atoms with Gasteiger partial charge in [-0.2, -0.15) is 0 Å². The van der Waals surface area contributed by atoms with Gasteiger partial charge >= 0.3 is 6.09 Å². The number of rotatable bonds is 5. The van der Waals surface area contributed by atoms with Crippen LogP contribution in [0.3, 0.4) is 0 Å². The molecule has 160 valence electrons. The first kappa shape index (κ1) is 21.7. The van der Waals surface area contributed by atoms with Crippen molar-refractivity contribution in [2.24, 2.45) is 0 Å². The molecule has 0 bridgehead atoms. The van der Waals surface area contributed by atoms with E-state index in [9.17, 15) is 22.4 Å². The SMILES string of the molecule is CC(=O)NCC1CN(S(=O)(=O)c2ccc(F)c(Cl)c2)c2cc(NC(=O)O)ccc2O1. The number of hydrogen-bond acceptors (Lipinski definition) is 5. The predicted molar refractivity (Wildman–Crippen MR) is 107 cm³/mol. The molecule has 2 aromatic rings. The maximum atomic E-state index is 13.5. The van der Waals surface area contributed by atoms with Crippen LogP contribution >= 0.6 is 11.6 Å². The molecule has 0 fully saturated rings. The van der Waals surface area contributed by atoms with Gasteiger partial charge in [-0.05, 0) is 36.4 Å². The standard InChI is InChI=1S/C18H17ClFN3O6S/c1-10(24)21-8-12-9-23(30(27,28)13-3-4-15(20)14(19)7-13)16-6-11(22-18(25)26)2-5-17(16)29-12/h2-7,12,22H,8-9H2,1H3,(H,21,24)(H,25,26). The minimum atomic E-state index is -4.22. The summed E-state index contributed by atoms with van der Waals surface area (Å²) < 4.78 is 46.9. The average Bonchev–Trinajstić information content (AvgIpc) is 2.67. The second-order valence-corrected chi connectivity index (χ2v) is 8.67. The Morgan fingerprint density at radius 3 is 2.67 bits per heavy atom. The van der Waals surface area contributed by atoms with E-state index >= 15 is 0 Å². The highest BCUT2D eigenvalue weighted by Gasteiger charge is 2.35. The molecule has 3 N–H and O–H groups in total. The van der Waals surface area contributed by atoms with Crippen LogP contribution in [0.4, 0.5) is 20.6 Å². The molecule has 1 aliphatic heterocycles. The van der Waals surface area contributed by atoms with Crippen LogP contribution in [0.5, 0.6) is 5.75 Å². The van der Waals surface area contributed by atoms with Gasteiger partial charge in [0.25, 0.3) is 10.0 Å². The van der Waals surface area contributed by atoms with Gasteiger partial charge in [0.05, 0.1) is 28.7 Å². The molecule has 1 heterocycles. The number of fused-ring (bicyclic) bond motifs is 1. The Hall–Kier alpha value is -3.05. The first-order chi connectivity index (χ1) is 14.1. The third-order valence-electron chi connectivity index (χ3n) is 4.20. The number of carboxylic acid groups (broad SMARTS) is 1. The molecule has 12 heteroatoms. The Morgan fingerprint density at radius 1 is 1.30 bits per heavy atom. The topological polar surface area (TPSA) is 125 Å². The lowest BCUT2D eigenvalue weighted by atomic mass is 10.2. The van der Waals surface area contributed by atoms with Crippen LogP contribution in [-0.4, -0.2) is 44.7 Å². The first-order valence-corrected chi connectivity index (χ1v) is 10.4. The maximum Gasteiger partial charge on any atom is 0.409 e. The number of hydrogen-bond donors (Lipinski definition) is 3. The van der Waals surface area contributed by atoms with Crippen LogP contribution in [0.25, 0.3) is 0 Å². The summed E-state index contributed by atoms with van der Waals surface area (Å²) in [6, 6.07) is 7.14. The minimum Gasteiger partial charge on any atom is -0.484 e. The molecule has 0 spiro atoms. The number of nitrogens with zero attached hydrogens (tertiary/aromatic N) is 1. The molecule has 2 amide bonds. The monoisotopic (exact) mass is 457 g/mol. The first-order valence-electron chi connectivity index (χ1n) is 8.61. The van der Waals surface area contributed by atoms with Crippen molar-refractivity contribution in [3.8, 4) is 5.75 Å². The van der Waals surface area contributed by atoms with Crippen LogP contribution in [0.2, 0.25) is 5.02 Å². The zero-order chi connectivity index (χ0) is 22.1. The summed E-state index contributed by atoms with van der Waals surface area (Å²) in [7, 11) is -4.22. The van der Waals surface area contributed by atoms with Crippen molar-refractivity contribution in [3.05, 3.63) is 47.2 Å². The van der Waals surface area contributed by atoms with Crippen LogP contribution < -0.4 is 19.7 Å². The molecule has 1 atom stereocenters. The van der Waals surface area contributed by atoms with Crippen LogP contribution in [0, 0.1) is 5.82 Å². The normalized spacial score (nSPS) is 15.7. The number of nitrogens with one attached hydrogen (secondary N) is 2. The zero-order valence-electron chi connectivity index (χ0n) is 15.6. The molecule has 0 aliphatic carbocycles. The summed E-state index contributed by atoms with van der Waals surface area (Å²) in [6.45, 7) is 1.18. The number of halogens is 2. The van der Waals surface area contributed by atoms with E-state index in [0.717, 1.165) is 22.5 Å². The van der Waals surface area contributed by atoms with Gasteiger partial charge in [0.15, 0.2) is 0 Å². The quantitative estimate of drug-likeness (QED) is 0.634. The number of sulfonamides is 1. The van der Waals surface area contributed by atoms with Crippen molar-refractivity contribution in [3.63, 3.8) is 0 Å². The van der Waals surface area contributed by atoms with E-state index in [4.69, 9.17) is 21.4 Å². The summed E-state index contributed by atoms with van der Waals surface area (Å²) in [4.78, 5) is 21.9. The van der Waals surface area contributed by atoms with E-state index in [1.54, 1.807) is 0 Å². The van der Waals surface area contributed by atoms with Crippen molar-refractivity contribution in [1.29, 1.82) is 0 Å². The molecule has 1 aliphatic rings. The lowest BCUT2D eigenvalue weighted by Gasteiger charge is -2.35. The average molecular weight is 458 g/mol. The maximum absolute atomic E-state index is 13.5. The van der Waals surface area contributed by atoms with E-state index < -0.39 is 28.0 Å². The minimum absolute atomic E-state index is 0.0418. The molecule has 0 saturated carbocycles. The van der Waals surface area contributed by atoms with Gasteiger partial charge in [-0.25, -0.2) is 17.6 Å². The fourth-order valence-corrected chi connectivity index (χ4v) is 4.64. The van der Waals surface area contributed by atoms with Crippen molar-refractivity contribution in [2.75, 3.05) is 22.7 Å². The van der Waals surface area contributed by atoms with Gasteiger partial charge in [0, 0.05) is 12.6 Å². The molecule has 2 aromatic carbocycles. The van der Waals surface area contributed by atoms with Gasteiger partial charge in [-0.15, -0.1) is 0 Å². The Labute approximate surface area is 176 Å². The largest absolute Gasteiger partial charge is 0.484 e. The van der Waals surface area contributed by atoms with Gasteiger partial charge in [0.2, 0.25) is 5.91 Å². The van der Waals surface area contributed by atoms with Gasteiger partial charge in [-0.1, -0.05) is 11.6 Å². The Balaban J connectivity index is 2.06. The van der Waals surface area contributed by atoms with Crippen molar-refractivity contribution in [1.82, 2.24) is 5.32 Å². The smallest absolute Gasteiger partial charge is 0.409 e. The number of amides is 2. The van der Waals surface area contributed by atoms with Crippen LogP contribution in [0.15, 0.2) is 41.3 Å². The Bertz CT molecular complexity index is 1110. The van der Waals surface area contributed by atoms with E-state index in [-0.39, 0.29) is 46.0 Å². The Morgan fingerprint density at radius 2 is 2.03 bits per heavy atom. The second kappa shape index (κ2) is 8.36. The lowest BCUT2D eigenvalue weighted by molar-refractivity contribution is -0.119.